The van der Waals surface area contributed by atoms with E-state index < -0.39 is 6.04 Å². The average Bonchev–Trinajstić information content (AvgIpc) is 3.25. The molecule has 2 amide bonds. The monoisotopic (exact) mass is 389 g/mol. The summed E-state index contributed by atoms with van der Waals surface area (Å²) in [7, 11) is 0. The van der Waals surface area contributed by atoms with Crippen LogP contribution < -0.4 is 5.32 Å². The number of benzene rings is 1. The van der Waals surface area contributed by atoms with Crippen LogP contribution in [-0.2, 0) is 16.0 Å². The molecule has 2 aliphatic rings. The fourth-order valence-corrected chi connectivity index (χ4v) is 6.13. The fourth-order valence-electron chi connectivity index (χ4n) is 3.76. The Morgan fingerprint density at radius 1 is 1.46 bits per heavy atom. The molecule has 7 heteroatoms. The van der Waals surface area contributed by atoms with Gasteiger partial charge in [-0.3, -0.25) is 9.59 Å². The van der Waals surface area contributed by atoms with Gasteiger partial charge in [-0.15, -0.1) is 11.8 Å². The zero-order valence-electron chi connectivity index (χ0n) is 15.1. The molecule has 138 valence electrons. The number of anilines is 1. The third-order valence-corrected chi connectivity index (χ3v) is 7.69. The Balaban J connectivity index is 1.50. The summed E-state index contributed by atoms with van der Waals surface area (Å²) >= 11 is 3.21. The zero-order valence-corrected chi connectivity index (χ0v) is 16.7. The number of aromatic nitrogens is 1. The Hall–Kier alpha value is -1.60. The van der Waals surface area contributed by atoms with E-state index in [2.05, 4.69) is 36.3 Å². The first-order valence-corrected chi connectivity index (χ1v) is 11.0. The van der Waals surface area contributed by atoms with Crippen molar-refractivity contribution in [1.82, 2.24) is 9.88 Å². The standard InChI is InChI=1S/C19H23N3O2S2/c1-3-4-5-12-6-7-13-15(10-12)26-18(20-13)21-17(24)14-11-25-19(2)9-8-16(23)22(14)19/h6-7,10,14H,3-5,8-9,11H2,1-2H3,(H,20,21,24). The molecule has 1 aromatic carbocycles. The molecule has 2 unspecified atom stereocenters. The van der Waals surface area contributed by atoms with Crippen molar-refractivity contribution in [1.29, 1.82) is 0 Å². The Kier molecular flexibility index (Phi) is 4.69. The lowest BCUT2D eigenvalue weighted by molar-refractivity contribution is -0.135. The highest BCUT2D eigenvalue weighted by Crippen LogP contribution is 2.47. The molecular weight excluding hydrogens is 366 g/mol. The number of hydrogen-bond acceptors (Lipinski definition) is 5. The van der Waals surface area contributed by atoms with Crippen LogP contribution in [0.2, 0.25) is 0 Å². The number of nitrogens with one attached hydrogen (secondary N) is 1. The third kappa shape index (κ3) is 3.11. The number of hydrogen-bond donors (Lipinski definition) is 1. The van der Waals surface area contributed by atoms with Gasteiger partial charge >= 0.3 is 0 Å². The molecule has 0 spiro atoms. The van der Waals surface area contributed by atoms with E-state index in [-0.39, 0.29) is 16.7 Å². The molecule has 0 bridgehead atoms. The molecule has 1 aromatic heterocycles. The lowest BCUT2D eigenvalue weighted by Gasteiger charge is -2.29. The van der Waals surface area contributed by atoms with Gasteiger partial charge in [0.25, 0.3) is 0 Å². The summed E-state index contributed by atoms with van der Waals surface area (Å²) < 4.78 is 1.09. The van der Waals surface area contributed by atoms with Crippen molar-refractivity contribution in [2.24, 2.45) is 0 Å². The molecule has 5 nitrogen and oxygen atoms in total. The summed E-state index contributed by atoms with van der Waals surface area (Å²) in [6, 6.07) is 5.92. The van der Waals surface area contributed by atoms with E-state index in [9.17, 15) is 9.59 Å². The van der Waals surface area contributed by atoms with Crippen LogP contribution >= 0.6 is 23.1 Å². The highest BCUT2D eigenvalue weighted by Gasteiger charge is 2.52. The summed E-state index contributed by atoms with van der Waals surface area (Å²) in [4.78, 5) is 31.1. The van der Waals surface area contributed by atoms with Gasteiger partial charge < -0.3 is 10.2 Å². The first kappa shape index (κ1) is 17.8. The SMILES string of the molecule is CCCCc1ccc2nc(NC(=O)C3CSC4(C)CCC(=O)N34)sc2c1. The minimum absolute atomic E-state index is 0.0857. The quantitative estimate of drug-likeness (QED) is 0.839. The van der Waals surface area contributed by atoms with E-state index in [0.717, 1.165) is 23.1 Å². The number of fused-ring (bicyclic) bond motifs is 2. The van der Waals surface area contributed by atoms with Gasteiger partial charge in [0.05, 0.1) is 15.1 Å². The van der Waals surface area contributed by atoms with Crippen molar-refractivity contribution in [3.8, 4) is 0 Å². The van der Waals surface area contributed by atoms with Crippen molar-refractivity contribution >= 4 is 50.3 Å². The maximum atomic E-state index is 12.8. The number of amides is 2. The van der Waals surface area contributed by atoms with Crippen LogP contribution in [-0.4, -0.2) is 38.4 Å². The molecule has 3 heterocycles. The average molecular weight is 390 g/mol. The minimum Gasteiger partial charge on any atom is -0.315 e. The van der Waals surface area contributed by atoms with Gasteiger partial charge in [0.15, 0.2) is 5.13 Å². The lowest BCUT2D eigenvalue weighted by atomic mass is 10.1. The number of carbonyl (C=O) groups is 2. The summed E-state index contributed by atoms with van der Waals surface area (Å²) in [6.07, 6.45) is 4.78. The number of unbranched alkanes of at least 4 members (excludes halogenated alkanes) is 1. The predicted molar refractivity (Wildman–Crippen MR) is 108 cm³/mol. The van der Waals surface area contributed by atoms with Crippen LogP contribution in [0.5, 0.6) is 0 Å². The number of rotatable bonds is 5. The molecular formula is C19H23N3O2S2. The van der Waals surface area contributed by atoms with Crippen molar-refractivity contribution in [3.63, 3.8) is 0 Å². The fraction of sp³-hybridized carbons (Fsp3) is 0.526. The second-order valence-corrected chi connectivity index (χ2v) is 9.71. The van der Waals surface area contributed by atoms with Gasteiger partial charge in [0, 0.05) is 12.2 Å². The molecule has 2 atom stereocenters. The van der Waals surface area contributed by atoms with Gasteiger partial charge in [-0.1, -0.05) is 30.7 Å². The van der Waals surface area contributed by atoms with Gasteiger partial charge in [0.2, 0.25) is 11.8 Å². The van der Waals surface area contributed by atoms with Crippen molar-refractivity contribution in [2.45, 2.75) is 56.9 Å². The molecule has 0 radical (unpaired) electrons. The predicted octanol–water partition coefficient (Wildman–Crippen LogP) is 4.03. The summed E-state index contributed by atoms with van der Waals surface area (Å²) in [5.41, 5.74) is 2.22. The Bertz CT molecular complexity index is 866. The highest BCUT2D eigenvalue weighted by atomic mass is 32.2. The van der Waals surface area contributed by atoms with Gasteiger partial charge in [0.1, 0.15) is 6.04 Å². The zero-order chi connectivity index (χ0) is 18.3. The van der Waals surface area contributed by atoms with Crippen molar-refractivity contribution in [2.75, 3.05) is 11.1 Å². The molecule has 2 aromatic rings. The van der Waals surface area contributed by atoms with E-state index in [1.165, 1.54) is 29.7 Å². The van der Waals surface area contributed by atoms with Gasteiger partial charge in [-0.2, -0.15) is 0 Å². The summed E-state index contributed by atoms with van der Waals surface area (Å²) in [5, 5.41) is 3.56. The van der Waals surface area contributed by atoms with Gasteiger partial charge in [-0.25, -0.2) is 4.98 Å². The lowest BCUT2D eigenvalue weighted by Crippen LogP contribution is -2.48. The molecule has 2 aliphatic heterocycles. The number of thiazole rings is 1. The second-order valence-electron chi connectivity index (χ2n) is 7.18. The molecule has 2 saturated heterocycles. The number of thioether (sulfide) groups is 1. The van der Waals surface area contributed by atoms with Crippen LogP contribution in [0.15, 0.2) is 18.2 Å². The number of carbonyl (C=O) groups excluding carboxylic acids is 2. The Morgan fingerprint density at radius 2 is 2.31 bits per heavy atom. The summed E-state index contributed by atoms with van der Waals surface area (Å²) in [5.74, 6) is 0.615. The molecule has 1 N–H and O–H groups in total. The Morgan fingerprint density at radius 3 is 3.12 bits per heavy atom. The van der Waals surface area contributed by atoms with Crippen LogP contribution in [0.3, 0.4) is 0 Å². The molecule has 0 aliphatic carbocycles. The van der Waals surface area contributed by atoms with E-state index in [1.54, 1.807) is 16.7 Å². The molecule has 4 rings (SSSR count). The topological polar surface area (TPSA) is 62.3 Å². The first-order valence-electron chi connectivity index (χ1n) is 9.16. The summed E-state index contributed by atoms with van der Waals surface area (Å²) in [6.45, 7) is 4.25. The third-order valence-electron chi connectivity index (χ3n) is 5.25. The number of nitrogens with zero attached hydrogens (tertiary/aromatic N) is 2. The highest BCUT2D eigenvalue weighted by molar-refractivity contribution is 8.01. The van der Waals surface area contributed by atoms with Gasteiger partial charge in [-0.05, 0) is 43.9 Å². The first-order chi connectivity index (χ1) is 12.5. The second kappa shape index (κ2) is 6.85. The van der Waals surface area contributed by atoms with E-state index >= 15 is 0 Å². The van der Waals surface area contributed by atoms with E-state index in [1.807, 2.05) is 6.07 Å². The largest absolute Gasteiger partial charge is 0.315 e. The number of aryl methyl sites for hydroxylation is 1. The minimum atomic E-state index is -0.396. The molecule has 0 saturated carbocycles. The Labute approximate surface area is 161 Å². The van der Waals surface area contributed by atoms with E-state index in [0.29, 0.717) is 17.3 Å². The molecule has 26 heavy (non-hydrogen) atoms. The van der Waals surface area contributed by atoms with Crippen LogP contribution in [0.1, 0.15) is 45.1 Å². The smallest absolute Gasteiger partial charge is 0.249 e. The van der Waals surface area contributed by atoms with Crippen molar-refractivity contribution in [3.05, 3.63) is 23.8 Å². The molecule has 2 fully saturated rings. The maximum absolute atomic E-state index is 12.8. The van der Waals surface area contributed by atoms with Crippen LogP contribution in [0.4, 0.5) is 5.13 Å². The van der Waals surface area contributed by atoms with Crippen LogP contribution in [0, 0.1) is 0 Å². The maximum Gasteiger partial charge on any atom is 0.249 e. The van der Waals surface area contributed by atoms with Crippen molar-refractivity contribution < 1.29 is 9.59 Å². The van der Waals surface area contributed by atoms with Crippen LogP contribution in [0.25, 0.3) is 10.2 Å². The van der Waals surface area contributed by atoms with E-state index in [4.69, 9.17) is 0 Å². The normalized spacial score (nSPS) is 25.1.